The van der Waals surface area contributed by atoms with Crippen molar-refractivity contribution < 1.29 is 33.9 Å². The Morgan fingerprint density at radius 1 is 1.19 bits per heavy atom. The van der Waals surface area contributed by atoms with Crippen LogP contribution in [0.3, 0.4) is 0 Å². The number of aliphatic hydroxyl groups excluding tert-OH is 1. The number of aromatic nitrogens is 1. The Morgan fingerprint density at radius 2 is 1.95 bits per heavy atom. The summed E-state index contributed by atoms with van der Waals surface area (Å²) in [4.78, 5) is 17.9. The highest BCUT2D eigenvalue weighted by atomic mass is 32.2. The molecule has 0 spiro atoms. The van der Waals surface area contributed by atoms with Crippen LogP contribution in [0.5, 0.6) is 11.5 Å². The van der Waals surface area contributed by atoms with E-state index in [9.17, 15) is 23.4 Å². The Bertz CT molecular complexity index is 1440. The third kappa shape index (κ3) is 4.68. The summed E-state index contributed by atoms with van der Waals surface area (Å²) in [5, 5.41) is 22.6. The van der Waals surface area contributed by atoms with Crippen molar-refractivity contribution in [2.75, 3.05) is 25.6 Å². The number of sulfonamides is 1. The van der Waals surface area contributed by atoms with E-state index in [1.165, 1.54) is 11.4 Å². The standard InChI is InChI=1S/C27H29N3O6S.4H2/c1-36-24-12-9-19(16-23(24)32)27(13-14-27)26(33)29-25-6-2-5-22(28-25)18-7-10-21(11-8-18)37(34,35)30-15-3-4-20(30)17-31;;;;/h2,5-12,16,20,31-32H,3-4,13-15,17H2,1H3,(H,28,29,33);4*1H/t20-;;;;/m1..../s1. The second kappa shape index (κ2) is 9.77. The van der Waals surface area contributed by atoms with Crippen LogP contribution < -0.4 is 10.1 Å². The first-order chi connectivity index (χ1) is 17.8. The predicted molar refractivity (Wildman–Crippen MR) is 146 cm³/mol. The molecular formula is C27H37N3O6S. The van der Waals surface area contributed by atoms with Crippen LogP contribution in [0.4, 0.5) is 5.82 Å². The summed E-state index contributed by atoms with van der Waals surface area (Å²) in [5.74, 6) is 0.515. The molecule has 2 aliphatic rings. The van der Waals surface area contributed by atoms with E-state index in [4.69, 9.17) is 4.74 Å². The van der Waals surface area contributed by atoms with E-state index < -0.39 is 15.4 Å². The first kappa shape index (κ1) is 25.2. The lowest BCUT2D eigenvalue weighted by molar-refractivity contribution is -0.118. The molecule has 0 bridgehead atoms. The molecule has 10 heteroatoms. The van der Waals surface area contributed by atoms with Gasteiger partial charge in [-0.05, 0) is 67.6 Å². The Morgan fingerprint density at radius 3 is 2.59 bits per heavy atom. The summed E-state index contributed by atoms with van der Waals surface area (Å²) >= 11 is 0. The van der Waals surface area contributed by atoms with Crippen molar-refractivity contribution in [1.29, 1.82) is 0 Å². The predicted octanol–water partition coefficient (Wildman–Crippen LogP) is 4.26. The number of carbonyl (C=O) groups excluding carboxylic acids is 1. The van der Waals surface area contributed by atoms with Crippen LogP contribution in [0, 0.1) is 0 Å². The monoisotopic (exact) mass is 531 g/mol. The van der Waals surface area contributed by atoms with Gasteiger partial charge in [0.25, 0.3) is 0 Å². The van der Waals surface area contributed by atoms with Gasteiger partial charge in [0.1, 0.15) is 5.82 Å². The topological polar surface area (TPSA) is 129 Å². The molecular weight excluding hydrogens is 494 g/mol. The maximum Gasteiger partial charge on any atom is 0.243 e. The van der Waals surface area contributed by atoms with Crippen molar-refractivity contribution in [3.63, 3.8) is 0 Å². The quantitative estimate of drug-likeness (QED) is 0.396. The largest absolute Gasteiger partial charge is 0.504 e. The lowest BCUT2D eigenvalue weighted by atomic mass is 9.94. The molecule has 3 N–H and O–H groups in total. The molecule has 1 aliphatic carbocycles. The Kier molecular flexibility index (Phi) is 6.65. The highest BCUT2D eigenvalue weighted by Gasteiger charge is 2.51. The van der Waals surface area contributed by atoms with Crippen LogP contribution >= 0.6 is 0 Å². The minimum Gasteiger partial charge on any atom is -0.504 e. The highest BCUT2D eigenvalue weighted by molar-refractivity contribution is 7.89. The zero-order valence-electron chi connectivity index (χ0n) is 20.4. The maximum atomic E-state index is 13.2. The zero-order chi connectivity index (χ0) is 26.2. The van der Waals surface area contributed by atoms with Crippen LogP contribution in [0.25, 0.3) is 11.3 Å². The van der Waals surface area contributed by atoms with Gasteiger partial charge in [-0.2, -0.15) is 4.31 Å². The number of ether oxygens (including phenoxy) is 1. The third-order valence-corrected chi connectivity index (χ3v) is 9.16. The summed E-state index contributed by atoms with van der Waals surface area (Å²) in [6.45, 7) is 0.205. The molecule has 2 aromatic carbocycles. The normalized spacial score (nSPS) is 18.9. The molecule has 2 fully saturated rings. The molecule has 1 aromatic heterocycles. The Labute approximate surface area is 221 Å². The van der Waals surface area contributed by atoms with E-state index in [1.54, 1.807) is 60.7 Å². The van der Waals surface area contributed by atoms with Gasteiger partial charge in [0.05, 0.1) is 29.7 Å². The van der Waals surface area contributed by atoms with Gasteiger partial charge < -0.3 is 20.3 Å². The molecule has 37 heavy (non-hydrogen) atoms. The number of aromatic hydroxyl groups is 1. The van der Waals surface area contributed by atoms with Crippen molar-refractivity contribution in [1.82, 2.24) is 9.29 Å². The van der Waals surface area contributed by atoms with Crippen molar-refractivity contribution in [3.05, 3.63) is 66.2 Å². The van der Waals surface area contributed by atoms with Crippen molar-refractivity contribution in [2.45, 2.75) is 42.0 Å². The van der Waals surface area contributed by atoms with Gasteiger partial charge >= 0.3 is 0 Å². The molecule has 9 nitrogen and oxygen atoms in total. The minimum absolute atomic E-state index is 0. The fourth-order valence-electron chi connectivity index (χ4n) is 4.90. The fourth-order valence-corrected chi connectivity index (χ4v) is 6.59. The molecule has 1 saturated carbocycles. The molecule has 2 heterocycles. The number of phenolic OH excluding ortho intramolecular Hbond substituents is 1. The van der Waals surface area contributed by atoms with Crippen LogP contribution in [-0.4, -0.2) is 60.1 Å². The van der Waals surface area contributed by atoms with E-state index >= 15 is 0 Å². The highest BCUT2D eigenvalue weighted by Crippen LogP contribution is 2.50. The number of benzene rings is 2. The molecule has 0 unspecified atom stereocenters. The van der Waals surface area contributed by atoms with Gasteiger partial charge in [0.15, 0.2) is 11.5 Å². The van der Waals surface area contributed by atoms with Gasteiger partial charge in [-0.3, -0.25) is 4.79 Å². The van der Waals surface area contributed by atoms with Crippen LogP contribution in [0.1, 0.15) is 37.0 Å². The molecule has 3 aromatic rings. The average molecular weight is 532 g/mol. The number of pyridine rings is 1. The molecule has 1 saturated heterocycles. The Balaban J connectivity index is 0.00000210. The van der Waals surface area contributed by atoms with Gasteiger partial charge in [0, 0.05) is 23.9 Å². The smallest absolute Gasteiger partial charge is 0.243 e. The lowest BCUT2D eigenvalue weighted by Gasteiger charge is -2.22. The SMILES string of the molecule is COc1ccc(C2(C(=O)Nc3cccc(-c4ccc(S(=O)(=O)N5CCC[C@@H]5CO)cc4)n3)CC2)cc1O.[HH].[HH].[HH].[HH]. The summed E-state index contributed by atoms with van der Waals surface area (Å²) in [6.07, 6.45) is 2.70. The first-order valence-electron chi connectivity index (χ1n) is 12.2. The number of hydrogen-bond acceptors (Lipinski definition) is 7. The summed E-state index contributed by atoms with van der Waals surface area (Å²) in [7, 11) is -2.22. The molecule has 1 aliphatic heterocycles. The number of methoxy groups -OCH3 is 1. The second-order valence-corrected chi connectivity index (χ2v) is 11.3. The second-order valence-electron chi connectivity index (χ2n) is 9.45. The molecule has 202 valence electrons. The van der Waals surface area contributed by atoms with Gasteiger partial charge in [0.2, 0.25) is 15.9 Å². The molecule has 1 amide bonds. The number of carbonyl (C=O) groups is 1. The first-order valence-corrected chi connectivity index (χ1v) is 13.6. The van der Waals surface area contributed by atoms with E-state index in [0.29, 0.717) is 48.6 Å². The van der Waals surface area contributed by atoms with E-state index in [0.717, 1.165) is 12.0 Å². The van der Waals surface area contributed by atoms with E-state index in [-0.39, 0.29) is 34.9 Å². The molecule has 0 radical (unpaired) electrons. The van der Waals surface area contributed by atoms with Gasteiger partial charge in [-0.25, -0.2) is 13.4 Å². The lowest BCUT2D eigenvalue weighted by Crippen LogP contribution is -2.37. The summed E-state index contributed by atoms with van der Waals surface area (Å²) in [5.41, 5.74) is 1.29. The van der Waals surface area contributed by atoms with Crippen LogP contribution in [0.15, 0.2) is 65.6 Å². The van der Waals surface area contributed by atoms with Crippen LogP contribution in [-0.2, 0) is 20.2 Å². The van der Waals surface area contributed by atoms with Crippen LogP contribution in [0.2, 0.25) is 0 Å². The van der Waals surface area contributed by atoms with Crippen molar-refractivity contribution in [3.8, 4) is 22.8 Å². The fraction of sp³-hybridized carbons (Fsp3) is 0.333. The van der Waals surface area contributed by atoms with Gasteiger partial charge in [-0.15, -0.1) is 0 Å². The van der Waals surface area contributed by atoms with E-state index in [1.807, 2.05) is 0 Å². The number of nitrogens with zero attached hydrogens (tertiary/aromatic N) is 2. The number of anilines is 1. The van der Waals surface area contributed by atoms with Crippen molar-refractivity contribution in [2.24, 2.45) is 0 Å². The van der Waals surface area contributed by atoms with E-state index in [2.05, 4.69) is 10.3 Å². The average Bonchev–Trinajstić information content (AvgIpc) is 3.58. The summed E-state index contributed by atoms with van der Waals surface area (Å²) < 4.78 is 32.5. The number of aliphatic hydroxyl groups is 1. The van der Waals surface area contributed by atoms with Crippen molar-refractivity contribution >= 4 is 21.7 Å². The number of nitrogens with one attached hydrogen (secondary N) is 1. The van der Waals surface area contributed by atoms with Gasteiger partial charge in [-0.1, -0.05) is 24.3 Å². The number of amides is 1. The maximum absolute atomic E-state index is 13.2. The minimum atomic E-state index is -3.70. The third-order valence-electron chi connectivity index (χ3n) is 7.20. The zero-order valence-corrected chi connectivity index (χ0v) is 21.2. The Hall–Kier alpha value is -3.47. The number of hydrogen-bond donors (Lipinski definition) is 3. The number of rotatable bonds is 8. The molecule has 1 atom stereocenters. The summed E-state index contributed by atoms with van der Waals surface area (Å²) in [6, 6.07) is 16.3. The number of phenols is 1. The molecule has 5 rings (SSSR count).